The van der Waals surface area contributed by atoms with Crippen LogP contribution in [-0.2, 0) is 16.2 Å². The molecule has 4 rings (SSSR count). The molecule has 32 heavy (non-hydrogen) atoms. The average Bonchev–Trinajstić information content (AvgIpc) is 3.41. The summed E-state index contributed by atoms with van der Waals surface area (Å²) in [4.78, 5) is 40.3. The van der Waals surface area contributed by atoms with Gasteiger partial charge in [0.05, 0.1) is 15.0 Å². The monoisotopic (exact) mass is 490 g/mol. The van der Waals surface area contributed by atoms with Crippen molar-refractivity contribution in [2.45, 2.75) is 19.4 Å². The topological polar surface area (TPSA) is 66.9 Å². The highest BCUT2D eigenvalue weighted by Crippen LogP contribution is 2.32. The van der Waals surface area contributed by atoms with Gasteiger partial charge >= 0.3 is 0 Å². The third kappa shape index (κ3) is 5.28. The van der Waals surface area contributed by atoms with Crippen molar-refractivity contribution in [1.29, 1.82) is 0 Å². The molecule has 166 valence electrons. The SMILES string of the molecule is O=C(CN1C(=O)S/C(=C\c2ccc(OCc3ccc(Cl)c(Cl)c3)cc2)C1=O)N1CCCC1. The summed E-state index contributed by atoms with van der Waals surface area (Å²) in [6, 6.07) is 12.5. The Kier molecular flexibility index (Phi) is 7.08. The fourth-order valence-corrected chi connectivity index (χ4v) is 4.60. The van der Waals surface area contributed by atoms with Crippen molar-refractivity contribution in [1.82, 2.24) is 9.80 Å². The molecule has 0 unspecified atom stereocenters. The zero-order chi connectivity index (χ0) is 22.7. The first-order chi connectivity index (χ1) is 15.4. The smallest absolute Gasteiger partial charge is 0.294 e. The van der Waals surface area contributed by atoms with Gasteiger partial charge in [0, 0.05) is 13.1 Å². The largest absolute Gasteiger partial charge is 0.489 e. The van der Waals surface area contributed by atoms with Crippen LogP contribution in [0.25, 0.3) is 6.08 Å². The van der Waals surface area contributed by atoms with E-state index in [9.17, 15) is 14.4 Å². The Balaban J connectivity index is 1.37. The van der Waals surface area contributed by atoms with Gasteiger partial charge in [0.15, 0.2) is 0 Å². The molecule has 0 saturated carbocycles. The van der Waals surface area contributed by atoms with Crippen LogP contribution in [-0.4, -0.2) is 46.5 Å². The van der Waals surface area contributed by atoms with Crippen molar-refractivity contribution in [3.63, 3.8) is 0 Å². The number of imide groups is 1. The molecule has 6 nitrogen and oxygen atoms in total. The molecule has 0 aromatic heterocycles. The van der Waals surface area contributed by atoms with Gasteiger partial charge in [0.2, 0.25) is 5.91 Å². The molecule has 0 radical (unpaired) electrons. The number of likely N-dealkylation sites (tertiary alicyclic amines) is 1. The van der Waals surface area contributed by atoms with E-state index < -0.39 is 11.1 Å². The van der Waals surface area contributed by atoms with Crippen molar-refractivity contribution in [2.75, 3.05) is 19.6 Å². The number of hydrogen-bond acceptors (Lipinski definition) is 5. The molecule has 2 aromatic carbocycles. The second-order valence-electron chi connectivity index (χ2n) is 7.46. The minimum atomic E-state index is -0.438. The molecular formula is C23H20Cl2N2O4S. The number of carbonyl (C=O) groups is 3. The Labute approximate surface area is 200 Å². The van der Waals surface area contributed by atoms with Gasteiger partial charge in [-0.3, -0.25) is 19.3 Å². The molecule has 0 spiro atoms. The molecule has 2 aliphatic rings. The maximum Gasteiger partial charge on any atom is 0.294 e. The number of amides is 3. The first kappa shape index (κ1) is 22.7. The van der Waals surface area contributed by atoms with Gasteiger partial charge in [0.1, 0.15) is 18.9 Å². The maximum absolute atomic E-state index is 12.6. The predicted molar refractivity (Wildman–Crippen MR) is 126 cm³/mol. The first-order valence-corrected chi connectivity index (χ1v) is 11.7. The van der Waals surface area contributed by atoms with Crippen LogP contribution in [0.2, 0.25) is 10.0 Å². The molecule has 2 fully saturated rings. The molecule has 2 saturated heterocycles. The Morgan fingerprint density at radius 3 is 2.44 bits per heavy atom. The number of carbonyl (C=O) groups excluding carboxylic acids is 3. The summed E-state index contributed by atoms with van der Waals surface area (Å²) in [5.41, 5.74) is 1.64. The van der Waals surface area contributed by atoms with Crippen molar-refractivity contribution >= 4 is 58.1 Å². The zero-order valence-corrected chi connectivity index (χ0v) is 19.4. The Hall–Kier alpha value is -2.48. The van der Waals surface area contributed by atoms with Crippen LogP contribution in [0.5, 0.6) is 5.75 Å². The first-order valence-electron chi connectivity index (χ1n) is 10.1. The number of thioether (sulfide) groups is 1. The molecule has 0 N–H and O–H groups in total. The minimum Gasteiger partial charge on any atom is -0.489 e. The van der Waals surface area contributed by atoms with Crippen LogP contribution < -0.4 is 4.74 Å². The van der Waals surface area contributed by atoms with Crippen LogP contribution in [0.4, 0.5) is 4.79 Å². The molecule has 2 aliphatic heterocycles. The third-order valence-corrected chi connectivity index (χ3v) is 6.84. The second-order valence-corrected chi connectivity index (χ2v) is 9.27. The van der Waals surface area contributed by atoms with Crippen LogP contribution in [0.1, 0.15) is 24.0 Å². The lowest BCUT2D eigenvalue weighted by Crippen LogP contribution is -2.40. The highest BCUT2D eigenvalue weighted by Gasteiger charge is 2.37. The van der Waals surface area contributed by atoms with E-state index in [0.29, 0.717) is 40.4 Å². The van der Waals surface area contributed by atoms with Gasteiger partial charge in [-0.05, 0) is 66.1 Å². The fraction of sp³-hybridized carbons (Fsp3) is 0.261. The fourth-order valence-electron chi connectivity index (χ4n) is 3.45. The van der Waals surface area contributed by atoms with Crippen molar-refractivity contribution in [3.05, 3.63) is 68.5 Å². The van der Waals surface area contributed by atoms with Crippen molar-refractivity contribution in [2.24, 2.45) is 0 Å². The molecule has 0 aliphatic carbocycles. The highest BCUT2D eigenvalue weighted by atomic mass is 35.5. The Morgan fingerprint density at radius 2 is 1.75 bits per heavy atom. The van der Waals surface area contributed by atoms with Gasteiger partial charge in [-0.2, -0.15) is 0 Å². The van der Waals surface area contributed by atoms with Crippen molar-refractivity contribution < 1.29 is 19.1 Å². The van der Waals surface area contributed by atoms with E-state index in [0.717, 1.165) is 40.6 Å². The number of rotatable bonds is 6. The Bertz CT molecular complexity index is 1080. The van der Waals surface area contributed by atoms with Gasteiger partial charge in [0.25, 0.3) is 11.1 Å². The summed E-state index contributed by atoms with van der Waals surface area (Å²) in [7, 11) is 0. The van der Waals surface area contributed by atoms with E-state index in [4.69, 9.17) is 27.9 Å². The van der Waals surface area contributed by atoms with Crippen LogP contribution >= 0.6 is 35.0 Å². The van der Waals surface area contributed by atoms with E-state index >= 15 is 0 Å². The lowest BCUT2D eigenvalue weighted by atomic mass is 10.2. The summed E-state index contributed by atoms with van der Waals surface area (Å²) in [5, 5.41) is 0.541. The molecular weight excluding hydrogens is 471 g/mol. The van der Waals surface area contributed by atoms with Crippen molar-refractivity contribution in [3.8, 4) is 5.75 Å². The van der Waals surface area contributed by atoms with E-state index in [1.54, 1.807) is 47.4 Å². The number of hydrogen-bond donors (Lipinski definition) is 0. The van der Waals surface area contributed by atoms with Crippen LogP contribution in [0.3, 0.4) is 0 Å². The molecule has 0 bridgehead atoms. The number of ether oxygens (including phenoxy) is 1. The van der Waals surface area contributed by atoms with Crippen LogP contribution in [0, 0.1) is 0 Å². The molecule has 2 heterocycles. The van der Waals surface area contributed by atoms with Gasteiger partial charge in [-0.1, -0.05) is 41.4 Å². The zero-order valence-electron chi connectivity index (χ0n) is 17.1. The standard InChI is InChI=1S/C23H20Cl2N2O4S/c24-18-8-5-16(11-19(18)25)14-31-17-6-3-15(4-7-17)12-20-22(29)27(23(30)32-20)13-21(28)26-9-1-2-10-26/h3-8,11-12H,1-2,9-10,13-14H2/b20-12-. The quantitative estimate of drug-likeness (QED) is 0.518. The number of halogens is 2. The molecule has 2 aromatic rings. The lowest BCUT2D eigenvalue weighted by Gasteiger charge is -2.18. The molecule has 3 amide bonds. The summed E-state index contributed by atoms with van der Waals surface area (Å²) in [5.74, 6) is 0.0274. The summed E-state index contributed by atoms with van der Waals surface area (Å²) in [6.45, 7) is 1.50. The van der Waals surface area contributed by atoms with Gasteiger partial charge in [-0.15, -0.1) is 0 Å². The molecule has 0 atom stereocenters. The van der Waals surface area contributed by atoms with Gasteiger partial charge < -0.3 is 9.64 Å². The lowest BCUT2D eigenvalue weighted by molar-refractivity contribution is -0.135. The number of nitrogens with zero attached hydrogens (tertiary/aromatic N) is 2. The maximum atomic E-state index is 12.6. The predicted octanol–water partition coefficient (Wildman–Crippen LogP) is 5.23. The second kappa shape index (κ2) is 9.98. The van der Waals surface area contributed by atoms with Gasteiger partial charge in [-0.25, -0.2) is 0 Å². The minimum absolute atomic E-state index is 0.186. The summed E-state index contributed by atoms with van der Waals surface area (Å²) in [6.07, 6.45) is 3.56. The van der Waals surface area contributed by atoms with E-state index in [2.05, 4.69) is 0 Å². The normalized spacial score (nSPS) is 17.5. The number of benzene rings is 2. The van der Waals surface area contributed by atoms with Crippen LogP contribution in [0.15, 0.2) is 47.4 Å². The van der Waals surface area contributed by atoms with E-state index in [1.165, 1.54) is 0 Å². The summed E-state index contributed by atoms with van der Waals surface area (Å²) < 4.78 is 5.76. The van der Waals surface area contributed by atoms with E-state index in [-0.39, 0.29) is 12.5 Å². The van der Waals surface area contributed by atoms with E-state index in [1.807, 2.05) is 6.07 Å². The third-order valence-electron chi connectivity index (χ3n) is 5.19. The Morgan fingerprint density at radius 1 is 1.03 bits per heavy atom. The highest BCUT2D eigenvalue weighted by molar-refractivity contribution is 8.18. The average molecular weight is 491 g/mol. The summed E-state index contributed by atoms with van der Waals surface area (Å²) >= 11 is 12.8. The molecule has 9 heteroatoms.